The molecule has 1 aromatic heterocycles. The molecule has 0 aromatic carbocycles. The average Bonchev–Trinajstić information content (AvgIpc) is 2.51. The van der Waals surface area contributed by atoms with Crippen LogP contribution < -0.4 is 5.32 Å². The van der Waals surface area contributed by atoms with Crippen molar-refractivity contribution in [3.8, 4) is 0 Å². The monoisotopic (exact) mass is 237 g/mol. The Balaban J connectivity index is 2.86. The van der Waals surface area contributed by atoms with Crippen molar-refractivity contribution >= 4 is 0 Å². The van der Waals surface area contributed by atoms with Crippen molar-refractivity contribution in [2.45, 2.75) is 59.9 Å². The van der Waals surface area contributed by atoms with Crippen molar-refractivity contribution in [3.63, 3.8) is 0 Å². The fraction of sp³-hybridized carbons (Fsp3) is 0.733. The summed E-state index contributed by atoms with van der Waals surface area (Å²) >= 11 is 0. The van der Waals surface area contributed by atoms with Gasteiger partial charge in [-0.15, -0.1) is 0 Å². The molecule has 1 rings (SSSR count). The number of hydrogen-bond acceptors (Lipinski definition) is 2. The molecule has 0 saturated carbocycles. The van der Waals surface area contributed by atoms with Crippen LogP contribution in [0.1, 0.15) is 61.8 Å². The van der Waals surface area contributed by atoms with Gasteiger partial charge < -0.3 is 9.73 Å². The minimum absolute atomic E-state index is 0.425. The Hall–Kier alpha value is -0.760. The number of nitrogens with one attached hydrogen (secondary N) is 1. The molecule has 2 unspecified atom stereocenters. The van der Waals surface area contributed by atoms with Crippen LogP contribution in [0.2, 0.25) is 0 Å². The van der Waals surface area contributed by atoms with Gasteiger partial charge in [0, 0.05) is 11.6 Å². The molecule has 98 valence electrons. The van der Waals surface area contributed by atoms with Crippen LogP contribution in [0.4, 0.5) is 0 Å². The molecule has 0 bridgehead atoms. The van der Waals surface area contributed by atoms with Gasteiger partial charge in [0.15, 0.2) is 0 Å². The fourth-order valence-electron chi connectivity index (χ4n) is 2.71. The Morgan fingerprint density at radius 2 is 1.82 bits per heavy atom. The smallest absolute Gasteiger partial charge is 0.106 e. The molecule has 0 saturated heterocycles. The molecule has 2 heteroatoms. The van der Waals surface area contributed by atoms with Gasteiger partial charge in [0.05, 0.1) is 0 Å². The van der Waals surface area contributed by atoms with Crippen molar-refractivity contribution in [2.75, 3.05) is 7.05 Å². The molecule has 0 radical (unpaired) electrons. The van der Waals surface area contributed by atoms with Crippen LogP contribution in [0.3, 0.4) is 0 Å². The molecule has 2 atom stereocenters. The van der Waals surface area contributed by atoms with Crippen molar-refractivity contribution in [3.05, 3.63) is 22.6 Å². The molecule has 17 heavy (non-hydrogen) atoms. The second kappa shape index (κ2) is 6.25. The van der Waals surface area contributed by atoms with E-state index in [-0.39, 0.29) is 0 Å². The lowest BCUT2D eigenvalue weighted by molar-refractivity contribution is 0.400. The summed E-state index contributed by atoms with van der Waals surface area (Å²) in [5.74, 6) is 2.88. The second-order valence-electron chi connectivity index (χ2n) is 5.22. The third-order valence-electron chi connectivity index (χ3n) is 3.73. The van der Waals surface area contributed by atoms with E-state index in [2.05, 4.69) is 33.0 Å². The van der Waals surface area contributed by atoms with E-state index in [0.717, 1.165) is 17.4 Å². The normalized spacial score (nSPS) is 14.9. The third kappa shape index (κ3) is 3.35. The second-order valence-corrected chi connectivity index (χ2v) is 5.22. The number of aryl methyl sites for hydroxylation is 2. The minimum atomic E-state index is 0.425. The van der Waals surface area contributed by atoms with Crippen molar-refractivity contribution in [2.24, 2.45) is 5.92 Å². The van der Waals surface area contributed by atoms with Gasteiger partial charge in [0.1, 0.15) is 11.5 Å². The molecular formula is C15H27NO. The summed E-state index contributed by atoms with van der Waals surface area (Å²) in [7, 11) is 2.05. The van der Waals surface area contributed by atoms with Crippen molar-refractivity contribution in [1.29, 1.82) is 0 Å². The molecule has 1 N–H and O–H groups in total. The zero-order valence-corrected chi connectivity index (χ0v) is 12.2. The molecule has 0 amide bonds. The number of hydrogen-bond donors (Lipinski definition) is 1. The quantitative estimate of drug-likeness (QED) is 0.798. The molecule has 2 nitrogen and oxygen atoms in total. The van der Waals surface area contributed by atoms with Crippen LogP contribution in [0.5, 0.6) is 0 Å². The Labute approximate surface area is 106 Å². The maximum Gasteiger partial charge on any atom is 0.106 e. The van der Waals surface area contributed by atoms with Crippen LogP contribution >= 0.6 is 0 Å². The van der Waals surface area contributed by atoms with Gasteiger partial charge in [-0.25, -0.2) is 0 Å². The summed E-state index contributed by atoms with van der Waals surface area (Å²) in [6, 6.07) is 0.425. The maximum absolute atomic E-state index is 5.73. The fourth-order valence-corrected chi connectivity index (χ4v) is 2.71. The zero-order chi connectivity index (χ0) is 13.0. The van der Waals surface area contributed by atoms with E-state index in [1.54, 1.807) is 0 Å². The Morgan fingerprint density at radius 3 is 2.24 bits per heavy atom. The van der Waals surface area contributed by atoms with Crippen LogP contribution in [-0.2, 0) is 0 Å². The largest absolute Gasteiger partial charge is 0.466 e. The summed E-state index contributed by atoms with van der Waals surface area (Å²) in [5.41, 5.74) is 2.68. The Morgan fingerprint density at radius 1 is 1.18 bits per heavy atom. The molecule has 0 aliphatic rings. The lowest BCUT2D eigenvalue weighted by Gasteiger charge is -2.21. The first kappa shape index (κ1) is 14.3. The summed E-state index contributed by atoms with van der Waals surface area (Å²) in [5, 5.41) is 3.44. The van der Waals surface area contributed by atoms with Gasteiger partial charge in [-0.1, -0.05) is 26.7 Å². The van der Waals surface area contributed by atoms with Crippen LogP contribution in [-0.4, -0.2) is 7.05 Å². The summed E-state index contributed by atoms with van der Waals surface area (Å²) in [6.07, 6.45) is 3.75. The first-order chi connectivity index (χ1) is 8.01. The minimum Gasteiger partial charge on any atom is -0.466 e. The van der Waals surface area contributed by atoms with Gasteiger partial charge in [-0.2, -0.15) is 0 Å². The third-order valence-corrected chi connectivity index (χ3v) is 3.73. The van der Waals surface area contributed by atoms with E-state index in [1.807, 2.05) is 14.0 Å². The molecule has 0 aliphatic carbocycles. The topological polar surface area (TPSA) is 25.2 Å². The first-order valence-electron chi connectivity index (χ1n) is 6.74. The van der Waals surface area contributed by atoms with Crippen molar-refractivity contribution in [1.82, 2.24) is 5.32 Å². The van der Waals surface area contributed by atoms with Gasteiger partial charge in [0.25, 0.3) is 0 Å². The van der Waals surface area contributed by atoms with Crippen LogP contribution in [0, 0.1) is 26.7 Å². The summed E-state index contributed by atoms with van der Waals surface area (Å²) in [4.78, 5) is 0. The lowest BCUT2D eigenvalue weighted by Crippen LogP contribution is -2.20. The molecule has 0 fully saturated rings. The highest BCUT2D eigenvalue weighted by atomic mass is 16.3. The number of furan rings is 1. The summed E-state index contributed by atoms with van der Waals surface area (Å²) in [6.45, 7) is 10.9. The molecule has 1 heterocycles. The van der Waals surface area contributed by atoms with Gasteiger partial charge in [-0.3, -0.25) is 0 Å². The van der Waals surface area contributed by atoms with Gasteiger partial charge in [-0.05, 0) is 45.7 Å². The van der Waals surface area contributed by atoms with Gasteiger partial charge >= 0.3 is 0 Å². The van der Waals surface area contributed by atoms with Crippen LogP contribution in [0.15, 0.2) is 4.42 Å². The predicted molar refractivity (Wildman–Crippen MR) is 73.4 cm³/mol. The van der Waals surface area contributed by atoms with E-state index >= 15 is 0 Å². The standard InChI is InChI=1S/C15H27NO/c1-7-8-10(2)9-14(16-6)15-11(3)12(4)17-13(15)5/h10,14,16H,7-9H2,1-6H3. The Bertz CT molecular complexity index is 354. The highest BCUT2D eigenvalue weighted by Crippen LogP contribution is 2.31. The summed E-state index contributed by atoms with van der Waals surface area (Å²) < 4.78 is 5.73. The predicted octanol–water partition coefficient (Wildman–Crippen LogP) is 4.29. The molecular weight excluding hydrogens is 210 g/mol. The lowest BCUT2D eigenvalue weighted by atomic mass is 9.91. The van der Waals surface area contributed by atoms with Crippen molar-refractivity contribution < 1.29 is 4.42 Å². The van der Waals surface area contributed by atoms with E-state index in [9.17, 15) is 0 Å². The van der Waals surface area contributed by atoms with E-state index in [4.69, 9.17) is 4.42 Å². The molecule has 0 aliphatic heterocycles. The average molecular weight is 237 g/mol. The SMILES string of the molecule is CCCC(C)CC(NC)c1c(C)oc(C)c1C. The highest BCUT2D eigenvalue weighted by molar-refractivity contribution is 5.34. The van der Waals surface area contributed by atoms with E-state index in [0.29, 0.717) is 6.04 Å². The van der Waals surface area contributed by atoms with E-state index < -0.39 is 0 Å². The Kier molecular flexibility index (Phi) is 5.26. The zero-order valence-electron chi connectivity index (χ0n) is 12.2. The maximum atomic E-state index is 5.73. The first-order valence-corrected chi connectivity index (χ1v) is 6.74. The van der Waals surface area contributed by atoms with Gasteiger partial charge in [0.2, 0.25) is 0 Å². The number of rotatable bonds is 6. The highest BCUT2D eigenvalue weighted by Gasteiger charge is 2.21. The van der Waals surface area contributed by atoms with Crippen LogP contribution in [0.25, 0.3) is 0 Å². The molecule has 1 aromatic rings. The van der Waals surface area contributed by atoms with E-state index in [1.165, 1.54) is 30.4 Å². The molecule has 0 spiro atoms.